The Hall–Kier alpha value is -1.56. The summed E-state index contributed by atoms with van der Waals surface area (Å²) in [5.74, 6) is 0.895. The molecule has 0 bridgehead atoms. The quantitative estimate of drug-likeness (QED) is 0.799. The lowest BCUT2D eigenvalue weighted by molar-refractivity contribution is 0.552. The molecule has 1 unspecified atom stereocenters. The summed E-state index contributed by atoms with van der Waals surface area (Å²) in [4.78, 5) is 6.84. The van der Waals surface area contributed by atoms with Crippen LogP contribution in [0.25, 0.3) is 0 Å². The van der Waals surface area contributed by atoms with E-state index >= 15 is 0 Å². The van der Waals surface area contributed by atoms with Crippen molar-refractivity contribution in [2.75, 3.05) is 11.4 Å². The Kier molecular flexibility index (Phi) is 4.19. The molecule has 0 amide bonds. The Morgan fingerprint density at radius 3 is 3.00 bits per heavy atom. The summed E-state index contributed by atoms with van der Waals surface area (Å²) in [6, 6.07) is 4.78. The van der Waals surface area contributed by atoms with Gasteiger partial charge in [-0.3, -0.25) is 0 Å². The second kappa shape index (κ2) is 5.86. The van der Waals surface area contributed by atoms with Gasteiger partial charge in [-0.1, -0.05) is 19.8 Å². The van der Waals surface area contributed by atoms with Crippen LogP contribution in [0.4, 0.5) is 5.82 Å². The monoisotopic (exact) mass is 243 g/mol. The first kappa shape index (κ1) is 12.9. The molecule has 96 valence electrons. The molecule has 1 aliphatic rings. The summed E-state index contributed by atoms with van der Waals surface area (Å²) < 4.78 is 0. The van der Waals surface area contributed by atoms with Crippen LogP contribution in [0.5, 0.6) is 0 Å². The molecule has 0 radical (unpaired) electrons. The van der Waals surface area contributed by atoms with Crippen molar-refractivity contribution in [3.05, 3.63) is 23.4 Å². The molecule has 3 nitrogen and oxygen atoms in total. The molecule has 1 aromatic rings. The van der Waals surface area contributed by atoms with E-state index in [0.29, 0.717) is 6.04 Å². The minimum absolute atomic E-state index is 0.536. The van der Waals surface area contributed by atoms with E-state index in [4.69, 9.17) is 0 Å². The molecule has 1 atom stereocenters. The van der Waals surface area contributed by atoms with Crippen LogP contribution in [0.2, 0.25) is 0 Å². The van der Waals surface area contributed by atoms with Gasteiger partial charge in [-0.2, -0.15) is 5.26 Å². The van der Waals surface area contributed by atoms with E-state index in [1.807, 2.05) is 19.2 Å². The van der Waals surface area contributed by atoms with Crippen molar-refractivity contribution in [3.63, 3.8) is 0 Å². The summed E-state index contributed by atoms with van der Waals surface area (Å²) in [6.07, 6.45) is 7.96. The number of aromatic nitrogens is 1. The summed E-state index contributed by atoms with van der Waals surface area (Å²) in [7, 11) is 0. The average Bonchev–Trinajstić information content (AvgIpc) is 2.63. The third-order valence-corrected chi connectivity index (χ3v) is 3.87. The van der Waals surface area contributed by atoms with Crippen LogP contribution in [-0.4, -0.2) is 17.6 Å². The highest BCUT2D eigenvalue weighted by atomic mass is 15.2. The van der Waals surface area contributed by atoms with Crippen LogP contribution in [0.3, 0.4) is 0 Å². The second-order valence-corrected chi connectivity index (χ2v) is 5.04. The SMILES string of the molecule is CCC1CCCCCN1c1nccc(C)c1C#N. The van der Waals surface area contributed by atoms with Gasteiger partial charge in [-0.25, -0.2) is 4.98 Å². The van der Waals surface area contributed by atoms with E-state index in [1.54, 1.807) is 0 Å². The zero-order valence-electron chi connectivity index (χ0n) is 11.3. The maximum absolute atomic E-state index is 9.34. The van der Waals surface area contributed by atoms with Crippen LogP contribution in [0.15, 0.2) is 12.3 Å². The topological polar surface area (TPSA) is 39.9 Å². The fraction of sp³-hybridized carbons (Fsp3) is 0.600. The third-order valence-electron chi connectivity index (χ3n) is 3.87. The molecular formula is C15H21N3. The molecule has 2 heterocycles. The highest BCUT2D eigenvalue weighted by Gasteiger charge is 2.23. The minimum Gasteiger partial charge on any atom is -0.353 e. The minimum atomic E-state index is 0.536. The normalized spacial score (nSPS) is 20.3. The highest BCUT2D eigenvalue weighted by molar-refractivity contribution is 5.57. The number of nitriles is 1. The molecule has 0 spiro atoms. The summed E-state index contributed by atoms with van der Waals surface area (Å²) in [5, 5.41) is 9.34. The van der Waals surface area contributed by atoms with Crippen molar-refractivity contribution in [1.29, 1.82) is 5.26 Å². The van der Waals surface area contributed by atoms with Crippen molar-refractivity contribution >= 4 is 5.82 Å². The predicted molar refractivity (Wildman–Crippen MR) is 73.6 cm³/mol. The first-order valence-corrected chi connectivity index (χ1v) is 6.90. The second-order valence-electron chi connectivity index (χ2n) is 5.04. The van der Waals surface area contributed by atoms with Gasteiger partial charge < -0.3 is 4.90 Å². The number of anilines is 1. The first-order chi connectivity index (χ1) is 8.77. The summed E-state index contributed by atoms with van der Waals surface area (Å²) in [5.41, 5.74) is 1.78. The summed E-state index contributed by atoms with van der Waals surface area (Å²) >= 11 is 0. The Morgan fingerprint density at radius 2 is 2.28 bits per heavy atom. The zero-order valence-corrected chi connectivity index (χ0v) is 11.3. The molecular weight excluding hydrogens is 222 g/mol. The molecule has 0 saturated carbocycles. The summed E-state index contributed by atoms with van der Waals surface area (Å²) in [6.45, 7) is 5.25. The maximum Gasteiger partial charge on any atom is 0.146 e. The van der Waals surface area contributed by atoms with Crippen molar-refractivity contribution in [3.8, 4) is 6.07 Å². The largest absolute Gasteiger partial charge is 0.353 e. The Morgan fingerprint density at radius 1 is 1.44 bits per heavy atom. The van der Waals surface area contributed by atoms with Crippen LogP contribution >= 0.6 is 0 Å². The molecule has 3 heteroatoms. The molecule has 2 rings (SSSR count). The van der Waals surface area contributed by atoms with Gasteiger partial charge in [0.1, 0.15) is 11.9 Å². The molecule has 0 N–H and O–H groups in total. The van der Waals surface area contributed by atoms with Gasteiger partial charge in [-0.05, 0) is 37.8 Å². The van der Waals surface area contributed by atoms with Gasteiger partial charge in [0.05, 0.1) is 5.56 Å². The fourth-order valence-electron chi connectivity index (χ4n) is 2.78. The number of aryl methyl sites for hydroxylation is 1. The molecule has 1 aromatic heterocycles. The Labute approximate surface area is 109 Å². The number of pyridine rings is 1. The molecule has 18 heavy (non-hydrogen) atoms. The fourth-order valence-corrected chi connectivity index (χ4v) is 2.78. The standard InChI is InChI=1S/C15H21N3/c1-3-13-7-5-4-6-10-18(13)15-14(11-16)12(2)8-9-17-15/h8-9,13H,3-7,10H2,1-2H3. The first-order valence-electron chi connectivity index (χ1n) is 6.90. The van der Waals surface area contributed by atoms with Crippen LogP contribution in [-0.2, 0) is 0 Å². The van der Waals surface area contributed by atoms with E-state index in [-0.39, 0.29) is 0 Å². The van der Waals surface area contributed by atoms with Gasteiger partial charge in [0, 0.05) is 18.8 Å². The Bertz CT molecular complexity index is 448. The number of nitrogens with zero attached hydrogens (tertiary/aromatic N) is 3. The van der Waals surface area contributed by atoms with E-state index in [9.17, 15) is 5.26 Å². The lowest BCUT2D eigenvalue weighted by Gasteiger charge is -2.31. The van der Waals surface area contributed by atoms with E-state index in [2.05, 4.69) is 22.9 Å². The van der Waals surface area contributed by atoms with Crippen LogP contribution in [0.1, 0.15) is 50.2 Å². The van der Waals surface area contributed by atoms with Gasteiger partial charge in [0.2, 0.25) is 0 Å². The average molecular weight is 243 g/mol. The van der Waals surface area contributed by atoms with Crippen molar-refractivity contribution < 1.29 is 0 Å². The van der Waals surface area contributed by atoms with Crippen LogP contribution in [0, 0.1) is 18.3 Å². The Balaban J connectivity index is 2.39. The molecule has 0 aromatic carbocycles. The smallest absolute Gasteiger partial charge is 0.146 e. The van der Waals surface area contributed by atoms with Gasteiger partial charge in [0.25, 0.3) is 0 Å². The lowest BCUT2D eigenvalue weighted by Crippen LogP contribution is -2.35. The molecule has 1 fully saturated rings. The van der Waals surface area contributed by atoms with Gasteiger partial charge in [-0.15, -0.1) is 0 Å². The number of rotatable bonds is 2. The van der Waals surface area contributed by atoms with E-state index < -0.39 is 0 Å². The van der Waals surface area contributed by atoms with Crippen molar-refractivity contribution in [2.45, 2.75) is 52.0 Å². The van der Waals surface area contributed by atoms with Crippen molar-refractivity contribution in [1.82, 2.24) is 4.98 Å². The van der Waals surface area contributed by atoms with Crippen LogP contribution < -0.4 is 4.90 Å². The number of hydrogen-bond donors (Lipinski definition) is 0. The van der Waals surface area contributed by atoms with E-state index in [0.717, 1.165) is 29.9 Å². The maximum atomic E-state index is 9.34. The molecule has 1 aliphatic heterocycles. The third kappa shape index (κ3) is 2.48. The lowest BCUT2D eigenvalue weighted by atomic mass is 10.1. The number of hydrogen-bond acceptors (Lipinski definition) is 3. The molecule has 1 saturated heterocycles. The van der Waals surface area contributed by atoms with Crippen molar-refractivity contribution in [2.24, 2.45) is 0 Å². The van der Waals surface area contributed by atoms with Gasteiger partial charge >= 0.3 is 0 Å². The highest BCUT2D eigenvalue weighted by Crippen LogP contribution is 2.27. The zero-order chi connectivity index (χ0) is 13.0. The molecule has 0 aliphatic carbocycles. The van der Waals surface area contributed by atoms with Gasteiger partial charge in [0.15, 0.2) is 0 Å². The van der Waals surface area contributed by atoms with E-state index in [1.165, 1.54) is 25.7 Å². The predicted octanol–water partition coefficient (Wildman–Crippen LogP) is 3.42.